The van der Waals surface area contributed by atoms with Gasteiger partial charge in [-0.2, -0.15) is 4.98 Å². The van der Waals surface area contributed by atoms with Gasteiger partial charge in [0.05, 0.1) is 5.69 Å². The highest BCUT2D eigenvalue weighted by molar-refractivity contribution is 5.51. The molecule has 1 N–H and O–H groups in total. The van der Waals surface area contributed by atoms with Gasteiger partial charge in [0.15, 0.2) is 0 Å². The average molecular weight is 395 g/mol. The highest BCUT2D eigenvalue weighted by Gasteiger charge is 2.20. The molecule has 0 radical (unpaired) electrons. The second-order valence-corrected chi connectivity index (χ2v) is 6.97. The SMILES string of the molecule is Fc1ccc(CCNc2nccc(N3CCN(c4ccccc4F)CC3)n2)cc1. The summed E-state index contributed by atoms with van der Waals surface area (Å²) in [5.74, 6) is 1.02. The monoisotopic (exact) mass is 395 g/mol. The van der Waals surface area contributed by atoms with Crippen molar-refractivity contribution in [2.45, 2.75) is 6.42 Å². The van der Waals surface area contributed by atoms with E-state index in [-0.39, 0.29) is 11.6 Å². The van der Waals surface area contributed by atoms with Gasteiger partial charge in [0.25, 0.3) is 0 Å². The van der Waals surface area contributed by atoms with Crippen molar-refractivity contribution in [3.05, 3.63) is 78.0 Å². The molecule has 0 saturated carbocycles. The van der Waals surface area contributed by atoms with Gasteiger partial charge in [-0.15, -0.1) is 0 Å². The van der Waals surface area contributed by atoms with Crippen molar-refractivity contribution in [2.75, 3.05) is 47.8 Å². The zero-order valence-corrected chi connectivity index (χ0v) is 16.1. The van der Waals surface area contributed by atoms with Gasteiger partial charge in [0.2, 0.25) is 5.95 Å². The zero-order valence-electron chi connectivity index (χ0n) is 16.1. The molecule has 1 aromatic heterocycles. The Kier molecular flexibility index (Phi) is 5.84. The van der Waals surface area contributed by atoms with Crippen molar-refractivity contribution in [1.82, 2.24) is 9.97 Å². The van der Waals surface area contributed by atoms with Crippen LogP contribution < -0.4 is 15.1 Å². The van der Waals surface area contributed by atoms with Crippen LogP contribution in [-0.2, 0) is 6.42 Å². The second-order valence-electron chi connectivity index (χ2n) is 6.97. The van der Waals surface area contributed by atoms with Crippen LogP contribution in [0.3, 0.4) is 0 Å². The predicted molar refractivity (Wildman–Crippen MR) is 111 cm³/mol. The van der Waals surface area contributed by atoms with E-state index in [4.69, 9.17) is 0 Å². The van der Waals surface area contributed by atoms with Crippen LogP contribution in [0.5, 0.6) is 0 Å². The van der Waals surface area contributed by atoms with Gasteiger partial charge in [-0.3, -0.25) is 0 Å². The number of para-hydroxylation sites is 1. The van der Waals surface area contributed by atoms with Crippen LogP contribution in [0.25, 0.3) is 0 Å². The smallest absolute Gasteiger partial charge is 0.224 e. The standard InChI is InChI=1S/C22H23F2N5/c23-18-7-5-17(6-8-18)9-11-25-22-26-12-10-21(27-22)29-15-13-28(14-16-29)20-4-2-1-3-19(20)24/h1-8,10,12H,9,11,13-16H2,(H,25,26,27). The fourth-order valence-electron chi connectivity index (χ4n) is 3.46. The minimum absolute atomic E-state index is 0.185. The molecule has 2 aromatic carbocycles. The third kappa shape index (κ3) is 4.80. The lowest BCUT2D eigenvalue weighted by atomic mass is 10.1. The molecule has 0 unspecified atom stereocenters. The number of hydrogen-bond acceptors (Lipinski definition) is 5. The van der Waals surface area contributed by atoms with Crippen LogP contribution in [0.1, 0.15) is 5.56 Å². The van der Waals surface area contributed by atoms with Crippen LogP contribution in [0.4, 0.5) is 26.2 Å². The van der Waals surface area contributed by atoms with E-state index in [0.29, 0.717) is 18.2 Å². The number of hydrogen-bond donors (Lipinski definition) is 1. The summed E-state index contributed by atoms with van der Waals surface area (Å²) in [4.78, 5) is 13.1. The Hall–Kier alpha value is -3.22. The summed E-state index contributed by atoms with van der Waals surface area (Å²) >= 11 is 0. The Morgan fingerprint density at radius 1 is 0.862 bits per heavy atom. The first-order valence-electron chi connectivity index (χ1n) is 9.75. The van der Waals surface area contributed by atoms with Crippen LogP contribution in [0.2, 0.25) is 0 Å². The van der Waals surface area contributed by atoms with Gasteiger partial charge in [-0.25, -0.2) is 13.8 Å². The molecule has 1 fully saturated rings. The molecule has 7 heteroatoms. The molecule has 0 aliphatic carbocycles. The number of piperazine rings is 1. The van der Waals surface area contributed by atoms with E-state index >= 15 is 0 Å². The Balaban J connectivity index is 1.32. The molecular formula is C22H23F2N5. The zero-order chi connectivity index (χ0) is 20.1. The molecule has 1 aliphatic rings. The third-order valence-corrected chi connectivity index (χ3v) is 5.05. The maximum absolute atomic E-state index is 14.0. The van der Waals surface area contributed by atoms with Crippen molar-refractivity contribution < 1.29 is 8.78 Å². The summed E-state index contributed by atoms with van der Waals surface area (Å²) in [7, 11) is 0. The fourth-order valence-corrected chi connectivity index (χ4v) is 3.46. The van der Waals surface area contributed by atoms with Crippen molar-refractivity contribution in [1.29, 1.82) is 0 Å². The molecule has 3 aromatic rings. The van der Waals surface area contributed by atoms with E-state index in [2.05, 4.69) is 25.1 Å². The van der Waals surface area contributed by atoms with E-state index in [9.17, 15) is 8.78 Å². The highest BCUT2D eigenvalue weighted by Crippen LogP contribution is 2.22. The molecule has 150 valence electrons. The molecule has 0 spiro atoms. The summed E-state index contributed by atoms with van der Waals surface area (Å²) in [6, 6.07) is 15.3. The number of rotatable bonds is 6. The van der Waals surface area contributed by atoms with Crippen molar-refractivity contribution in [3.8, 4) is 0 Å². The Labute approximate surface area is 169 Å². The number of anilines is 3. The number of nitrogens with one attached hydrogen (secondary N) is 1. The third-order valence-electron chi connectivity index (χ3n) is 5.05. The topological polar surface area (TPSA) is 44.3 Å². The lowest BCUT2D eigenvalue weighted by Crippen LogP contribution is -2.47. The summed E-state index contributed by atoms with van der Waals surface area (Å²) < 4.78 is 27.0. The van der Waals surface area contributed by atoms with E-state index in [1.165, 1.54) is 18.2 Å². The largest absolute Gasteiger partial charge is 0.366 e. The van der Waals surface area contributed by atoms with E-state index in [0.717, 1.165) is 44.0 Å². The fraction of sp³-hybridized carbons (Fsp3) is 0.273. The van der Waals surface area contributed by atoms with Crippen molar-refractivity contribution >= 4 is 17.5 Å². The average Bonchev–Trinajstić information content (AvgIpc) is 2.76. The number of benzene rings is 2. The van der Waals surface area contributed by atoms with Gasteiger partial charge < -0.3 is 15.1 Å². The van der Waals surface area contributed by atoms with Crippen molar-refractivity contribution in [2.24, 2.45) is 0 Å². The number of aromatic nitrogens is 2. The summed E-state index contributed by atoms with van der Waals surface area (Å²) in [6.07, 6.45) is 2.50. The maximum Gasteiger partial charge on any atom is 0.224 e. The van der Waals surface area contributed by atoms with E-state index in [1.807, 2.05) is 18.2 Å². The Bertz CT molecular complexity index is 940. The number of nitrogens with zero attached hydrogens (tertiary/aromatic N) is 4. The van der Waals surface area contributed by atoms with Gasteiger partial charge in [0, 0.05) is 38.9 Å². The predicted octanol–water partition coefficient (Wildman–Crippen LogP) is 3.74. The minimum Gasteiger partial charge on any atom is -0.366 e. The molecule has 0 bridgehead atoms. The summed E-state index contributed by atoms with van der Waals surface area (Å²) in [5.41, 5.74) is 1.71. The Morgan fingerprint density at radius 3 is 2.34 bits per heavy atom. The maximum atomic E-state index is 14.0. The van der Waals surface area contributed by atoms with Crippen molar-refractivity contribution in [3.63, 3.8) is 0 Å². The number of halogens is 2. The molecule has 5 nitrogen and oxygen atoms in total. The second kappa shape index (κ2) is 8.86. The molecule has 29 heavy (non-hydrogen) atoms. The van der Waals surface area contributed by atoms with Gasteiger partial charge in [0.1, 0.15) is 17.5 Å². The molecular weight excluding hydrogens is 372 g/mol. The van der Waals surface area contributed by atoms with Gasteiger partial charge in [-0.05, 0) is 42.3 Å². The molecule has 1 aliphatic heterocycles. The molecule has 1 saturated heterocycles. The quantitative estimate of drug-likeness (QED) is 0.689. The Morgan fingerprint density at radius 2 is 1.59 bits per heavy atom. The summed E-state index contributed by atoms with van der Waals surface area (Å²) in [6.45, 7) is 3.66. The molecule has 0 atom stereocenters. The molecule has 2 heterocycles. The molecule has 4 rings (SSSR count). The first-order valence-corrected chi connectivity index (χ1v) is 9.75. The first kappa shape index (κ1) is 19.1. The first-order chi connectivity index (χ1) is 14.2. The minimum atomic E-state index is -0.229. The van der Waals surface area contributed by atoms with E-state index < -0.39 is 0 Å². The van der Waals surface area contributed by atoms with Crippen LogP contribution >= 0.6 is 0 Å². The van der Waals surface area contributed by atoms with Crippen LogP contribution in [-0.4, -0.2) is 42.7 Å². The van der Waals surface area contributed by atoms with Gasteiger partial charge >= 0.3 is 0 Å². The van der Waals surface area contributed by atoms with Crippen LogP contribution in [0.15, 0.2) is 60.8 Å². The highest BCUT2D eigenvalue weighted by atomic mass is 19.1. The lowest BCUT2D eigenvalue weighted by Gasteiger charge is -2.36. The molecule has 0 amide bonds. The normalized spacial score (nSPS) is 14.1. The summed E-state index contributed by atoms with van der Waals surface area (Å²) in [5, 5.41) is 3.23. The van der Waals surface area contributed by atoms with E-state index in [1.54, 1.807) is 24.4 Å². The van der Waals surface area contributed by atoms with Crippen LogP contribution in [0, 0.1) is 11.6 Å². The van der Waals surface area contributed by atoms with Gasteiger partial charge in [-0.1, -0.05) is 24.3 Å². The lowest BCUT2D eigenvalue weighted by molar-refractivity contribution is 0.596.